The molecule has 0 aliphatic carbocycles. The van der Waals surface area contributed by atoms with Crippen LogP contribution >= 0.6 is 35.1 Å². The zero-order chi connectivity index (χ0) is 13.1. The Kier molecular flexibility index (Phi) is 5.22. The van der Waals surface area contributed by atoms with Gasteiger partial charge in [-0.2, -0.15) is 11.8 Å². The molecule has 0 bridgehead atoms. The molecule has 1 aliphatic heterocycles. The topological polar surface area (TPSA) is 25.8 Å². The van der Waals surface area contributed by atoms with Crippen LogP contribution in [0.15, 0.2) is 0 Å². The van der Waals surface area contributed by atoms with Crippen molar-refractivity contribution in [3.63, 3.8) is 0 Å². The summed E-state index contributed by atoms with van der Waals surface area (Å²) in [6.07, 6.45) is 2.06. The van der Waals surface area contributed by atoms with E-state index >= 15 is 0 Å². The number of hydrogen-bond donors (Lipinski definition) is 0. The number of hydrogen-bond acceptors (Lipinski definition) is 4. The van der Waals surface area contributed by atoms with Gasteiger partial charge in [0.05, 0.1) is 5.25 Å². The first-order chi connectivity index (χ1) is 8.67. The van der Waals surface area contributed by atoms with E-state index in [0.29, 0.717) is 15.7 Å². The molecule has 0 radical (unpaired) electrons. The second-order valence-corrected chi connectivity index (χ2v) is 7.35. The van der Waals surface area contributed by atoms with Gasteiger partial charge in [0.15, 0.2) is 0 Å². The molecule has 2 rings (SSSR count). The fourth-order valence-electron chi connectivity index (χ4n) is 2.25. The quantitative estimate of drug-likeness (QED) is 0.778. The average molecular weight is 303 g/mol. The average Bonchev–Trinajstić information content (AvgIpc) is 2.38. The normalized spacial score (nSPS) is 24.2. The van der Waals surface area contributed by atoms with Crippen LogP contribution in [0.5, 0.6) is 0 Å². The SMILES string of the molecule is CCc1c(C)nc(C2SCCSC2CC)nc1Cl. The molecule has 0 aromatic carbocycles. The molecule has 0 saturated carbocycles. The highest BCUT2D eigenvalue weighted by Gasteiger charge is 2.29. The van der Waals surface area contributed by atoms with Crippen molar-refractivity contribution >= 4 is 35.1 Å². The second-order valence-electron chi connectivity index (χ2n) is 4.40. The molecule has 1 fully saturated rings. The van der Waals surface area contributed by atoms with Crippen LogP contribution in [0.25, 0.3) is 0 Å². The maximum absolute atomic E-state index is 6.28. The second kappa shape index (κ2) is 6.49. The Labute approximate surface area is 123 Å². The van der Waals surface area contributed by atoms with Gasteiger partial charge in [0.2, 0.25) is 0 Å². The summed E-state index contributed by atoms with van der Waals surface area (Å²) < 4.78 is 0. The molecule has 2 heterocycles. The van der Waals surface area contributed by atoms with Crippen LogP contribution < -0.4 is 0 Å². The van der Waals surface area contributed by atoms with Crippen molar-refractivity contribution < 1.29 is 0 Å². The van der Waals surface area contributed by atoms with Crippen molar-refractivity contribution in [2.24, 2.45) is 0 Å². The summed E-state index contributed by atoms with van der Waals surface area (Å²) in [4.78, 5) is 9.24. The highest BCUT2D eigenvalue weighted by Crippen LogP contribution is 2.43. The summed E-state index contributed by atoms with van der Waals surface area (Å²) >= 11 is 10.3. The van der Waals surface area contributed by atoms with Crippen LogP contribution in [0.1, 0.15) is 42.6 Å². The Hall–Kier alpha value is 0.0700. The van der Waals surface area contributed by atoms with Crippen molar-refractivity contribution in [1.82, 2.24) is 9.97 Å². The van der Waals surface area contributed by atoms with Crippen molar-refractivity contribution in [3.8, 4) is 0 Å². The number of nitrogens with zero attached hydrogens (tertiary/aromatic N) is 2. The smallest absolute Gasteiger partial charge is 0.144 e. The first kappa shape index (κ1) is 14.5. The molecule has 2 nitrogen and oxygen atoms in total. The lowest BCUT2D eigenvalue weighted by Gasteiger charge is -2.29. The van der Waals surface area contributed by atoms with E-state index in [1.54, 1.807) is 0 Å². The van der Waals surface area contributed by atoms with Crippen LogP contribution in [0.2, 0.25) is 5.15 Å². The molecule has 1 aromatic rings. The zero-order valence-electron chi connectivity index (χ0n) is 11.1. The molecule has 0 spiro atoms. The minimum Gasteiger partial charge on any atom is -0.237 e. The Morgan fingerprint density at radius 1 is 1.22 bits per heavy atom. The van der Waals surface area contributed by atoms with Crippen molar-refractivity contribution in [3.05, 3.63) is 22.2 Å². The van der Waals surface area contributed by atoms with E-state index in [0.717, 1.165) is 29.9 Å². The van der Waals surface area contributed by atoms with Crippen LogP contribution in [-0.2, 0) is 6.42 Å². The summed E-state index contributed by atoms with van der Waals surface area (Å²) in [7, 11) is 0. The lowest BCUT2D eigenvalue weighted by atomic mass is 10.1. The highest BCUT2D eigenvalue weighted by atomic mass is 35.5. The maximum Gasteiger partial charge on any atom is 0.144 e. The lowest BCUT2D eigenvalue weighted by Crippen LogP contribution is -2.21. The molecule has 100 valence electrons. The van der Waals surface area contributed by atoms with Gasteiger partial charge in [-0.05, 0) is 19.8 Å². The summed E-state index contributed by atoms with van der Waals surface area (Å²) in [5.74, 6) is 3.35. The summed E-state index contributed by atoms with van der Waals surface area (Å²) in [6, 6.07) is 0. The van der Waals surface area contributed by atoms with E-state index < -0.39 is 0 Å². The lowest BCUT2D eigenvalue weighted by molar-refractivity contribution is 0.741. The monoisotopic (exact) mass is 302 g/mol. The van der Waals surface area contributed by atoms with Gasteiger partial charge in [0.25, 0.3) is 0 Å². The molecule has 2 unspecified atom stereocenters. The minimum atomic E-state index is 0.399. The van der Waals surface area contributed by atoms with Gasteiger partial charge in [-0.25, -0.2) is 9.97 Å². The van der Waals surface area contributed by atoms with Gasteiger partial charge in [-0.1, -0.05) is 25.4 Å². The van der Waals surface area contributed by atoms with Gasteiger partial charge in [0, 0.05) is 28.0 Å². The number of thioether (sulfide) groups is 2. The van der Waals surface area contributed by atoms with Gasteiger partial charge in [0.1, 0.15) is 11.0 Å². The van der Waals surface area contributed by atoms with Crippen molar-refractivity contribution in [1.29, 1.82) is 0 Å². The third-order valence-corrected chi connectivity index (χ3v) is 6.80. The van der Waals surface area contributed by atoms with Crippen LogP contribution in [0.3, 0.4) is 0 Å². The van der Waals surface area contributed by atoms with E-state index in [1.165, 1.54) is 11.5 Å². The number of halogens is 1. The first-order valence-corrected chi connectivity index (χ1v) is 8.91. The van der Waals surface area contributed by atoms with E-state index in [1.807, 2.05) is 30.4 Å². The van der Waals surface area contributed by atoms with Gasteiger partial charge in [-0.15, -0.1) is 11.8 Å². The molecular formula is C13H19ClN2S2. The molecule has 0 N–H and O–H groups in total. The predicted molar refractivity (Wildman–Crippen MR) is 82.9 cm³/mol. The van der Waals surface area contributed by atoms with E-state index in [2.05, 4.69) is 18.8 Å². The van der Waals surface area contributed by atoms with Crippen LogP contribution in [0, 0.1) is 6.92 Å². The number of aromatic nitrogens is 2. The van der Waals surface area contributed by atoms with E-state index in [9.17, 15) is 0 Å². The van der Waals surface area contributed by atoms with E-state index in [4.69, 9.17) is 16.6 Å². The number of aryl methyl sites for hydroxylation is 1. The fourth-order valence-corrected chi connectivity index (χ4v) is 5.60. The predicted octanol–water partition coefficient (Wildman–Crippen LogP) is 4.30. The van der Waals surface area contributed by atoms with Gasteiger partial charge >= 0.3 is 0 Å². The highest BCUT2D eigenvalue weighted by molar-refractivity contribution is 8.06. The molecule has 18 heavy (non-hydrogen) atoms. The van der Waals surface area contributed by atoms with Crippen molar-refractivity contribution in [2.45, 2.75) is 44.1 Å². The van der Waals surface area contributed by atoms with Gasteiger partial charge in [-0.3, -0.25) is 0 Å². The standard InChI is InChI=1S/C13H19ClN2S2/c1-4-9-8(3)15-13(16-12(9)14)11-10(5-2)17-6-7-18-11/h10-11H,4-7H2,1-3H3. The van der Waals surface area contributed by atoms with Crippen LogP contribution in [0.4, 0.5) is 0 Å². The van der Waals surface area contributed by atoms with Crippen molar-refractivity contribution in [2.75, 3.05) is 11.5 Å². The van der Waals surface area contributed by atoms with Gasteiger partial charge < -0.3 is 0 Å². The molecule has 1 saturated heterocycles. The molecule has 2 atom stereocenters. The molecular weight excluding hydrogens is 284 g/mol. The Morgan fingerprint density at radius 3 is 2.56 bits per heavy atom. The third kappa shape index (κ3) is 2.97. The molecule has 5 heteroatoms. The van der Waals surface area contributed by atoms with E-state index in [-0.39, 0.29) is 0 Å². The minimum absolute atomic E-state index is 0.399. The molecule has 1 aliphatic rings. The largest absolute Gasteiger partial charge is 0.237 e. The number of rotatable bonds is 3. The molecule has 1 aromatic heterocycles. The van der Waals surface area contributed by atoms with Crippen LogP contribution in [-0.4, -0.2) is 26.7 Å². The Morgan fingerprint density at radius 2 is 1.94 bits per heavy atom. The Balaban J connectivity index is 2.32. The summed E-state index contributed by atoms with van der Waals surface area (Å²) in [5.41, 5.74) is 2.13. The zero-order valence-corrected chi connectivity index (χ0v) is 13.5. The summed E-state index contributed by atoms with van der Waals surface area (Å²) in [5, 5.41) is 1.66. The molecule has 0 amide bonds. The Bertz CT molecular complexity index is 402. The maximum atomic E-state index is 6.28. The summed E-state index contributed by atoms with van der Waals surface area (Å²) in [6.45, 7) is 6.38. The third-order valence-electron chi connectivity index (χ3n) is 3.24. The first-order valence-electron chi connectivity index (χ1n) is 6.43. The fraction of sp³-hybridized carbons (Fsp3) is 0.692.